The van der Waals surface area contributed by atoms with E-state index in [0.29, 0.717) is 5.82 Å². The third-order valence-electron chi connectivity index (χ3n) is 2.68. The Balaban J connectivity index is 2.10. The summed E-state index contributed by atoms with van der Waals surface area (Å²) in [6.45, 7) is 4.03. The second-order valence-electron chi connectivity index (χ2n) is 4.05. The van der Waals surface area contributed by atoms with Gasteiger partial charge in [-0.05, 0) is 31.5 Å². The first-order valence-electron chi connectivity index (χ1n) is 5.52. The number of tetrazole rings is 1. The molecule has 0 fully saturated rings. The van der Waals surface area contributed by atoms with Crippen LogP contribution in [0.2, 0.25) is 5.02 Å². The van der Waals surface area contributed by atoms with Gasteiger partial charge >= 0.3 is 0 Å². The molecule has 0 amide bonds. The van der Waals surface area contributed by atoms with Gasteiger partial charge in [0.15, 0.2) is 5.82 Å². The lowest BCUT2D eigenvalue weighted by molar-refractivity contribution is 0.477. The van der Waals surface area contributed by atoms with Crippen molar-refractivity contribution in [1.82, 2.24) is 25.9 Å². The molecular weight excluding hydrogens is 318 g/mol. The fraction of sp³-hybridized carbons (Fsp3) is 0.364. The summed E-state index contributed by atoms with van der Waals surface area (Å²) in [6.07, 6.45) is 0. The Hall–Kier alpha value is -0.980. The monoisotopic (exact) mass is 329 g/mol. The number of aromatic nitrogens is 4. The van der Waals surface area contributed by atoms with Gasteiger partial charge in [0.05, 0.1) is 6.04 Å². The molecule has 0 aliphatic rings. The fourth-order valence-electron chi connectivity index (χ4n) is 1.74. The molecule has 96 valence electrons. The zero-order valence-corrected chi connectivity index (χ0v) is 12.3. The van der Waals surface area contributed by atoms with Gasteiger partial charge in [0.1, 0.15) is 0 Å². The molecule has 0 radical (unpaired) electrons. The molecule has 2 rings (SSSR count). The first kappa shape index (κ1) is 13.5. The second kappa shape index (κ2) is 5.77. The number of H-pyrrole nitrogens is 1. The molecule has 5 nitrogen and oxygen atoms in total. The van der Waals surface area contributed by atoms with E-state index in [0.717, 1.165) is 15.1 Å². The predicted octanol–water partition coefficient (Wildman–Crippen LogP) is 3.03. The fourth-order valence-corrected chi connectivity index (χ4v) is 2.58. The lowest BCUT2D eigenvalue weighted by atomic mass is 10.1. The zero-order chi connectivity index (χ0) is 13.1. The molecule has 1 aromatic carbocycles. The van der Waals surface area contributed by atoms with Crippen molar-refractivity contribution in [2.75, 3.05) is 0 Å². The maximum absolute atomic E-state index is 6.21. The van der Waals surface area contributed by atoms with E-state index in [4.69, 9.17) is 11.6 Å². The van der Waals surface area contributed by atoms with Crippen LogP contribution in [0.1, 0.15) is 37.3 Å². The van der Waals surface area contributed by atoms with Crippen molar-refractivity contribution in [3.05, 3.63) is 39.1 Å². The highest BCUT2D eigenvalue weighted by Crippen LogP contribution is 2.27. The summed E-state index contributed by atoms with van der Waals surface area (Å²) in [5.41, 5.74) is 1.04. The van der Waals surface area contributed by atoms with Crippen molar-refractivity contribution >= 4 is 27.5 Å². The van der Waals surface area contributed by atoms with Crippen LogP contribution < -0.4 is 5.32 Å². The summed E-state index contributed by atoms with van der Waals surface area (Å²) < 4.78 is 0.967. The van der Waals surface area contributed by atoms with Crippen LogP contribution in [-0.2, 0) is 0 Å². The summed E-state index contributed by atoms with van der Waals surface area (Å²) in [6, 6.07) is 5.94. The Labute approximate surface area is 118 Å². The number of aromatic amines is 1. The van der Waals surface area contributed by atoms with Gasteiger partial charge < -0.3 is 5.32 Å². The Morgan fingerprint density at radius 2 is 2.11 bits per heavy atom. The maximum Gasteiger partial charge on any atom is 0.191 e. The average molecular weight is 331 g/mol. The molecule has 1 aromatic heterocycles. The van der Waals surface area contributed by atoms with Gasteiger partial charge in [0.2, 0.25) is 0 Å². The smallest absolute Gasteiger partial charge is 0.191 e. The van der Waals surface area contributed by atoms with Crippen LogP contribution >= 0.6 is 27.5 Å². The number of hydrogen-bond donors (Lipinski definition) is 2. The van der Waals surface area contributed by atoms with Crippen molar-refractivity contribution in [3.63, 3.8) is 0 Å². The van der Waals surface area contributed by atoms with Crippen LogP contribution in [0.4, 0.5) is 0 Å². The third kappa shape index (κ3) is 3.07. The Kier molecular flexibility index (Phi) is 4.31. The van der Waals surface area contributed by atoms with E-state index in [9.17, 15) is 0 Å². The minimum Gasteiger partial charge on any atom is -0.301 e. The minimum atomic E-state index is -0.00142. The number of nitrogens with one attached hydrogen (secondary N) is 2. The first-order valence-corrected chi connectivity index (χ1v) is 6.69. The van der Waals surface area contributed by atoms with Gasteiger partial charge in [-0.2, -0.15) is 5.21 Å². The van der Waals surface area contributed by atoms with Gasteiger partial charge in [-0.3, -0.25) is 0 Å². The topological polar surface area (TPSA) is 66.5 Å². The highest BCUT2D eigenvalue weighted by atomic mass is 79.9. The molecule has 0 saturated carbocycles. The molecule has 2 aromatic rings. The molecule has 2 N–H and O–H groups in total. The number of nitrogens with zero attached hydrogens (tertiary/aromatic N) is 3. The molecule has 18 heavy (non-hydrogen) atoms. The molecule has 0 aliphatic carbocycles. The zero-order valence-electron chi connectivity index (χ0n) is 9.98. The van der Waals surface area contributed by atoms with Crippen LogP contribution in [0.25, 0.3) is 0 Å². The van der Waals surface area contributed by atoms with Gasteiger partial charge in [0, 0.05) is 15.5 Å². The first-order chi connectivity index (χ1) is 8.58. The Bertz CT molecular complexity index is 516. The van der Waals surface area contributed by atoms with Crippen molar-refractivity contribution in [2.45, 2.75) is 25.9 Å². The lowest BCUT2D eigenvalue weighted by Crippen LogP contribution is -2.23. The molecule has 0 bridgehead atoms. The molecule has 7 heteroatoms. The van der Waals surface area contributed by atoms with E-state index >= 15 is 0 Å². The van der Waals surface area contributed by atoms with Crippen molar-refractivity contribution in [1.29, 1.82) is 0 Å². The summed E-state index contributed by atoms with van der Waals surface area (Å²) >= 11 is 9.60. The van der Waals surface area contributed by atoms with Crippen LogP contribution in [0.15, 0.2) is 22.7 Å². The van der Waals surface area contributed by atoms with Crippen molar-refractivity contribution in [3.8, 4) is 0 Å². The van der Waals surface area contributed by atoms with Crippen LogP contribution in [0, 0.1) is 0 Å². The van der Waals surface area contributed by atoms with Crippen LogP contribution in [-0.4, -0.2) is 20.6 Å². The SMILES string of the molecule is CC(NC(C)c1ccc(Br)cc1Cl)c1nn[nH]n1. The van der Waals surface area contributed by atoms with Crippen molar-refractivity contribution in [2.24, 2.45) is 0 Å². The van der Waals surface area contributed by atoms with Crippen LogP contribution in [0.5, 0.6) is 0 Å². The van der Waals surface area contributed by atoms with Gasteiger partial charge in [-0.25, -0.2) is 0 Å². The molecule has 0 aliphatic heterocycles. The summed E-state index contributed by atoms with van der Waals surface area (Å²) in [5, 5.41) is 18.0. The molecular formula is C11H13BrClN5. The molecule has 1 heterocycles. The number of hydrogen-bond acceptors (Lipinski definition) is 4. The van der Waals surface area contributed by atoms with E-state index in [2.05, 4.69) is 41.9 Å². The average Bonchev–Trinajstić information content (AvgIpc) is 2.81. The Morgan fingerprint density at radius 3 is 2.72 bits per heavy atom. The maximum atomic E-state index is 6.21. The van der Waals surface area contributed by atoms with E-state index < -0.39 is 0 Å². The number of halogens is 2. The number of rotatable bonds is 4. The summed E-state index contributed by atoms with van der Waals surface area (Å²) in [5.74, 6) is 0.634. The third-order valence-corrected chi connectivity index (χ3v) is 3.50. The summed E-state index contributed by atoms with van der Waals surface area (Å²) in [7, 11) is 0. The van der Waals surface area contributed by atoms with E-state index in [1.807, 2.05) is 32.0 Å². The Morgan fingerprint density at radius 1 is 1.33 bits per heavy atom. The lowest BCUT2D eigenvalue weighted by Gasteiger charge is -2.19. The largest absolute Gasteiger partial charge is 0.301 e. The summed E-state index contributed by atoms with van der Waals surface area (Å²) in [4.78, 5) is 0. The normalized spacial score (nSPS) is 14.4. The predicted molar refractivity (Wildman–Crippen MR) is 73.3 cm³/mol. The molecule has 2 atom stereocenters. The van der Waals surface area contributed by atoms with Gasteiger partial charge in [-0.15, -0.1) is 10.2 Å². The number of benzene rings is 1. The van der Waals surface area contributed by atoms with Gasteiger partial charge in [-0.1, -0.05) is 38.8 Å². The molecule has 0 saturated heterocycles. The highest BCUT2D eigenvalue weighted by Gasteiger charge is 2.16. The minimum absolute atomic E-state index is 0.00142. The van der Waals surface area contributed by atoms with Crippen LogP contribution in [0.3, 0.4) is 0 Å². The van der Waals surface area contributed by atoms with Gasteiger partial charge in [0.25, 0.3) is 0 Å². The van der Waals surface area contributed by atoms with Crippen molar-refractivity contribution < 1.29 is 0 Å². The quantitative estimate of drug-likeness (QED) is 0.904. The highest BCUT2D eigenvalue weighted by molar-refractivity contribution is 9.10. The molecule has 2 unspecified atom stereocenters. The van der Waals surface area contributed by atoms with E-state index in [1.165, 1.54) is 0 Å². The van der Waals surface area contributed by atoms with E-state index in [-0.39, 0.29) is 12.1 Å². The standard InChI is InChI=1S/C11H13BrClN5/c1-6(9-4-3-8(12)5-10(9)13)14-7(2)11-15-17-18-16-11/h3-7,14H,1-2H3,(H,15,16,17,18). The molecule has 0 spiro atoms. The van der Waals surface area contributed by atoms with E-state index in [1.54, 1.807) is 0 Å². The second-order valence-corrected chi connectivity index (χ2v) is 5.37.